The highest BCUT2D eigenvalue weighted by Crippen LogP contribution is 2.25. The number of hydrogen-bond donors (Lipinski definition) is 2. The van der Waals surface area contributed by atoms with Crippen LogP contribution in [-0.2, 0) is 19.6 Å². The van der Waals surface area contributed by atoms with E-state index in [2.05, 4.69) is 0 Å². The minimum absolute atomic E-state index is 0.0561. The monoisotopic (exact) mass is 301 g/mol. The summed E-state index contributed by atoms with van der Waals surface area (Å²) in [6.45, 7) is 0.293. The number of carbonyl (C=O) groups excluding carboxylic acids is 2. The standard InChI is InChI=1S/C11H12FN3O4S/c1-6-8(12)2-7(13)3-9(6)20(18,19)15-4-10(16)14-11(17)5-15/h2-3H,4-5,13H2,1H3,(H,14,16,17). The van der Waals surface area contributed by atoms with Gasteiger partial charge in [-0.05, 0) is 19.1 Å². The van der Waals surface area contributed by atoms with Gasteiger partial charge in [-0.1, -0.05) is 0 Å². The molecule has 20 heavy (non-hydrogen) atoms. The van der Waals surface area contributed by atoms with Gasteiger partial charge in [0, 0.05) is 11.3 Å². The van der Waals surface area contributed by atoms with Gasteiger partial charge in [-0.2, -0.15) is 4.31 Å². The van der Waals surface area contributed by atoms with Crippen LogP contribution in [0.3, 0.4) is 0 Å². The number of nitrogens with two attached hydrogens (primary N) is 1. The summed E-state index contributed by atoms with van der Waals surface area (Å²) < 4.78 is 39.0. The molecule has 1 aliphatic heterocycles. The summed E-state index contributed by atoms with van der Waals surface area (Å²) in [6, 6.07) is 2.10. The van der Waals surface area contributed by atoms with Crippen molar-refractivity contribution in [3.05, 3.63) is 23.5 Å². The van der Waals surface area contributed by atoms with Gasteiger partial charge in [0.2, 0.25) is 21.8 Å². The number of nitrogens with zero attached hydrogens (tertiary/aromatic N) is 1. The van der Waals surface area contributed by atoms with Crippen LogP contribution >= 0.6 is 0 Å². The largest absolute Gasteiger partial charge is 0.399 e. The molecule has 0 atom stereocenters. The number of imide groups is 1. The van der Waals surface area contributed by atoms with Crippen LogP contribution in [0.1, 0.15) is 5.56 Å². The third-order valence-electron chi connectivity index (χ3n) is 2.86. The lowest BCUT2D eigenvalue weighted by molar-refractivity contribution is -0.134. The first-order chi connectivity index (χ1) is 9.21. The van der Waals surface area contributed by atoms with Crippen LogP contribution in [0.5, 0.6) is 0 Å². The predicted molar refractivity (Wildman–Crippen MR) is 67.5 cm³/mol. The smallest absolute Gasteiger partial charge is 0.244 e. The van der Waals surface area contributed by atoms with Crippen LogP contribution in [0.2, 0.25) is 0 Å². The number of anilines is 1. The molecule has 0 spiro atoms. The average molecular weight is 301 g/mol. The molecule has 0 radical (unpaired) electrons. The van der Waals surface area contributed by atoms with Gasteiger partial charge in [-0.25, -0.2) is 12.8 Å². The molecule has 0 aromatic heterocycles. The van der Waals surface area contributed by atoms with E-state index in [4.69, 9.17) is 5.73 Å². The SMILES string of the molecule is Cc1c(F)cc(N)cc1S(=O)(=O)N1CC(=O)NC(=O)C1. The Morgan fingerprint density at radius 2 is 1.80 bits per heavy atom. The van der Waals surface area contributed by atoms with Crippen molar-refractivity contribution in [1.82, 2.24) is 9.62 Å². The number of hydrogen-bond acceptors (Lipinski definition) is 5. The molecule has 1 heterocycles. The zero-order chi connectivity index (χ0) is 15.1. The van der Waals surface area contributed by atoms with Crippen molar-refractivity contribution in [3.8, 4) is 0 Å². The Morgan fingerprint density at radius 1 is 1.25 bits per heavy atom. The number of nitrogen functional groups attached to an aromatic ring is 1. The Hall–Kier alpha value is -2.00. The zero-order valence-corrected chi connectivity index (χ0v) is 11.3. The molecule has 2 rings (SSSR count). The van der Waals surface area contributed by atoms with Crippen molar-refractivity contribution < 1.29 is 22.4 Å². The Kier molecular flexibility index (Phi) is 3.48. The van der Waals surface area contributed by atoms with E-state index in [0.717, 1.165) is 12.1 Å². The van der Waals surface area contributed by atoms with Crippen molar-refractivity contribution in [1.29, 1.82) is 0 Å². The molecule has 108 valence electrons. The summed E-state index contributed by atoms with van der Waals surface area (Å²) in [6.07, 6.45) is 0. The molecule has 7 nitrogen and oxygen atoms in total. The maximum atomic E-state index is 13.6. The molecular weight excluding hydrogens is 289 g/mol. The number of rotatable bonds is 2. The Bertz CT molecular complexity index is 686. The first-order valence-electron chi connectivity index (χ1n) is 5.60. The zero-order valence-electron chi connectivity index (χ0n) is 10.5. The Labute approximate surface area is 114 Å². The maximum Gasteiger partial charge on any atom is 0.244 e. The third-order valence-corrected chi connectivity index (χ3v) is 4.77. The van der Waals surface area contributed by atoms with Gasteiger partial charge >= 0.3 is 0 Å². The molecule has 1 saturated heterocycles. The fourth-order valence-electron chi connectivity index (χ4n) is 1.86. The molecule has 0 bridgehead atoms. The fourth-order valence-corrected chi connectivity index (χ4v) is 3.48. The van der Waals surface area contributed by atoms with Crippen molar-refractivity contribution >= 4 is 27.5 Å². The number of benzene rings is 1. The van der Waals surface area contributed by atoms with Crippen LogP contribution < -0.4 is 11.1 Å². The molecular formula is C11H12FN3O4S. The molecule has 1 aromatic rings. The van der Waals surface area contributed by atoms with Crippen molar-refractivity contribution in [2.45, 2.75) is 11.8 Å². The van der Waals surface area contributed by atoms with Crippen molar-refractivity contribution in [3.63, 3.8) is 0 Å². The van der Waals surface area contributed by atoms with Crippen LogP contribution in [0, 0.1) is 12.7 Å². The highest BCUT2D eigenvalue weighted by molar-refractivity contribution is 7.89. The lowest BCUT2D eigenvalue weighted by atomic mass is 10.2. The van der Waals surface area contributed by atoms with Crippen molar-refractivity contribution in [2.75, 3.05) is 18.8 Å². The second kappa shape index (κ2) is 4.84. The summed E-state index contributed by atoms with van der Waals surface area (Å²) in [7, 11) is -4.17. The number of amides is 2. The molecule has 0 unspecified atom stereocenters. The van der Waals surface area contributed by atoms with E-state index >= 15 is 0 Å². The second-order valence-corrected chi connectivity index (χ2v) is 6.28. The molecule has 2 amide bonds. The minimum atomic E-state index is -4.17. The lowest BCUT2D eigenvalue weighted by Gasteiger charge is -2.25. The van der Waals surface area contributed by atoms with E-state index < -0.39 is 40.7 Å². The molecule has 3 N–H and O–H groups in total. The lowest BCUT2D eigenvalue weighted by Crippen LogP contribution is -2.53. The average Bonchev–Trinajstić information content (AvgIpc) is 2.32. The molecule has 9 heteroatoms. The molecule has 0 aliphatic carbocycles. The fraction of sp³-hybridized carbons (Fsp3) is 0.273. The number of carbonyl (C=O) groups is 2. The quantitative estimate of drug-likeness (QED) is 0.558. The van der Waals surface area contributed by atoms with Gasteiger partial charge in [0.05, 0.1) is 18.0 Å². The minimum Gasteiger partial charge on any atom is -0.399 e. The van der Waals surface area contributed by atoms with E-state index in [1.807, 2.05) is 5.32 Å². The Morgan fingerprint density at radius 3 is 2.35 bits per heavy atom. The van der Waals surface area contributed by atoms with Gasteiger partial charge in [-0.15, -0.1) is 0 Å². The summed E-state index contributed by atoms with van der Waals surface area (Å²) in [4.78, 5) is 22.1. The van der Waals surface area contributed by atoms with E-state index in [9.17, 15) is 22.4 Å². The highest BCUT2D eigenvalue weighted by Gasteiger charge is 2.34. The van der Waals surface area contributed by atoms with E-state index in [0.29, 0.717) is 4.31 Å². The second-order valence-electron chi connectivity index (χ2n) is 4.37. The first-order valence-corrected chi connectivity index (χ1v) is 7.04. The van der Waals surface area contributed by atoms with Gasteiger partial charge in [0.25, 0.3) is 0 Å². The summed E-state index contributed by atoms with van der Waals surface area (Å²) in [5, 5.41) is 1.99. The van der Waals surface area contributed by atoms with Gasteiger partial charge in [-0.3, -0.25) is 14.9 Å². The highest BCUT2D eigenvalue weighted by atomic mass is 32.2. The maximum absolute atomic E-state index is 13.6. The molecule has 1 aromatic carbocycles. The molecule has 0 saturated carbocycles. The number of sulfonamides is 1. The van der Waals surface area contributed by atoms with Crippen LogP contribution in [0.4, 0.5) is 10.1 Å². The topological polar surface area (TPSA) is 110 Å². The normalized spacial score (nSPS) is 17.1. The van der Waals surface area contributed by atoms with Gasteiger partial charge in [0.15, 0.2) is 0 Å². The number of nitrogens with one attached hydrogen (secondary N) is 1. The summed E-state index contributed by atoms with van der Waals surface area (Å²) >= 11 is 0. The van der Waals surface area contributed by atoms with E-state index in [1.165, 1.54) is 6.92 Å². The van der Waals surface area contributed by atoms with Crippen molar-refractivity contribution in [2.24, 2.45) is 0 Å². The summed E-state index contributed by atoms with van der Waals surface area (Å²) in [5.74, 6) is -2.23. The number of halogens is 1. The van der Waals surface area contributed by atoms with Gasteiger partial charge in [0.1, 0.15) is 5.82 Å². The van der Waals surface area contributed by atoms with Gasteiger partial charge < -0.3 is 5.73 Å². The molecule has 1 fully saturated rings. The number of piperazine rings is 1. The van der Waals surface area contributed by atoms with Crippen LogP contribution in [-0.4, -0.2) is 37.6 Å². The predicted octanol–water partition coefficient (Wildman–Crippen LogP) is -0.637. The summed E-state index contributed by atoms with van der Waals surface area (Å²) in [5.41, 5.74) is 5.27. The first kappa shape index (κ1) is 14.4. The third kappa shape index (κ3) is 2.49. The molecule has 1 aliphatic rings. The van der Waals surface area contributed by atoms with Crippen LogP contribution in [0.25, 0.3) is 0 Å². The Balaban J connectivity index is 2.50. The van der Waals surface area contributed by atoms with E-state index in [-0.39, 0.29) is 16.1 Å². The van der Waals surface area contributed by atoms with E-state index in [1.54, 1.807) is 0 Å². The van der Waals surface area contributed by atoms with Crippen LogP contribution in [0.15, 0.2) is 17.0 Å².